The first-order valence-electron chi connectivity index (χ1n) is 19.0. The van der Waals surface area contributed by atoms with E-state index in [1.165, 1.54) is 30.2 Å². The lowest BCUT2D eigenvalue weighted by Crippen LogP contribution is -2.52. The van der Waals surface area contributed by atoms with Gasteiger partial charge >= 0.3 is 12.1 Å². The molecule has 2 atom stereocenters. The van der Waals surface area contributed by atoms with Gasteiger partial charge in [-0.15, -0.1) is 0 Å². The molecule has 4 aliphatic rings. The molecule has 4 aliphatic heterocycles. The maximum Gasteiger partial charge on any atom is 0.322 e. The zero-order valence-electron chi connectivity index (χ0n) is 32.7. The van der Waals surface area contributed by atoms with Crippen LogP contribution in [0.4, 0.5) is 9.59 Å². The van der Waals surface area contributed by atoms with Crippen LogP contribution in [0.15, 0.2) is 81.9 Å². The zero-order valence-corrected chi connectivity index (χ0v) is 33.5. The van der Waals surface area contributed by atoms with Gasteiger partial charge in [-0.2, -0.15) is 0 Å². The van der Waals surface area contributed by atoms with Crippen molar-refractivity contribution in [2.24, 2.45) is 0 Å². The van der Waals surface area contributed by atoms with Gasteiger partial charge in [0, 0.05) is 42.0 Å². The molecular formula is C42H35ClN8O10. The van der Waals surface area contributed by atoms with E-state index in [4.69, 9.17) is 29.9 Å². The van der Waals surface area contributed by atoms with Crippen LogP contribution in [-0.2, 0) is 40.2 Å². The van der Waals surface area contributed by atoms with Crippen molar-refractivity contribution in [1.82, 2.24) is 41.0 Å². The minimum Gasteiger partial charge on any atom is -0.497 e. The van der Waals surface area contributed by atoms with Gasteiger partial charge in [0.1, 0.15) is 39.3 Å². The van der Waals surface area contributed by atoms with E-state index < -0.39 is 35.0 Å². The van der Waals surface area contributed by atoms with Crippen molar-refractivity contribution in [1.29, 1.82) is 0 Å². The molecule has 0 aliphatic carbocycles. The summed E-state index contributed by atoms with van der Waals surface area (Å²) < 4.78 is 22.3. The molecule has 0 bridgehead atoms. The van der Waals surface area contributed by atoms with Crippen LogP contribution in [0.25, 0.3) is 21.9 Å². The molecule has 18 nitrogen and oxygen atoms in total. The van der Waals surface area contributed by atoms with E-state index in [2.05, 4.69) is 31.2 Å². The van der Waals surface area contributed by atoms with E-state index in [9.17, 15) is 28.8 Å². The third-order valence-corrected chi connectivity index (χ3v) is 11.5. The number of hydrogen-bond donors (Lipinski definition) is 4. The number of benzene rings is 2. The van der Waals surface area contributed by atoms with Crippen molar-refractivity contribution in [3.8, 4) is 11.5 Å². The molecule has 2 saturated heterocycles. The Balaban J connectivity index is 0.000000156. The van der Waals surface area contributed by atoms with Gasteiger partial charge in [-0.05, 0) is 66.1 Å². The Labute approximate surface area is 350 Å². The van der Waals surface area contributed by atoms with Crippen molar-refractivity contribution in [3.63, 3.8) is 0 Å². The number of nitrogens with zero attached hydrogens (tertiary/aromatic N) is 4. The van der Waals surface area contributed by atoms with Gasteiger partial charge in [0.25, 0.3) is 23.6 Å². The maximum absolute atomic E-state index is 13.1. The molecule has 10 rings (SSSR count). The minimum atomic E-state index is -1.60. The zero-order chi connectivity index (χ0) is 42.8. The Morgan fingerprint density at radius 2 is 1.15 bits per heavy atom. The number of rotatable bonds is 9. The Kier molecular flexibility index (Phi) is 9.38. The first kappa shape index (κ1) is 39.0. The summed E-state index contributed by atoms with van der Waals surface area (Å²) in [6.45, 7) is 2.37. The molecule has 4 aromatic heterocycles. The molecule has 8 heterocycles. The number of ether oxygens (including phenoxy) is 2. The summed E-state index contributed by atoms with van der Waals surface area (Å²) in [4.78, 5) is 87.5. The number of methoxy groups -OCH3 is 2. The summed E-state index contributed by atoms with van der Waals surface area (Å²) in [6.07, 6.45) is 3.80. The summed E-state index contributed by atoms with van der Waals surface area (Å²) in [7, 11) is 3.06. The van der Waals surface area contributed by atoms with Crippen LogP contribution >= 0.6 is 11.6 Å². The number of imide groups is 2. The highest BCUT2D eigenvalue weighted by atomic mass is 35.5. The van der Waals surface area contributed by atoms with Crippen LogP contribution in [0, 0.1) is 0 Å². The molecule has 0 unspecified atom stereocenters. The van der Waals surface area contributed by atoms with Gasteiger partial charge in [0.05, 0.1) is 38.4 Å². The minimum absolute atomic E-state index is 0.0743. The molecule has 0 spiro atoms. The van der Waals surface area contributed by atoms with Crippen molar-refractivity contribution in [2.75, 3.05) is 27.3 Å². The molecule has 0 saturated carbocycles. The average Bonchev–Trinajstić information content (AvgIpc) is 4.10. The number of furan rings is 2. The lowest BCUT2D eigenvalue weighted by Gasteiger charge is -2.29. The monoisotopic (exact) mass is 846 g/mol. The molecule has 0 radical (unpaired) electrons. The van der Waals surface area contributed by atoms with Gasteiger partial charge in [0.2, 0.25) is 0 Å². The van der Waals surface area contributed by atoms with E-state index in [0.29, 0.717) is 52.1 Å². The third kappa shape index (κ3) is 6.42. The van der Waals surface area contributed by atoms with Gasteiger partial charge in [-0.25, -0.2) is 14.6 Å². The molecule has 2 fully saturated rings. The number of aromatic nitrogens is 2. The second-order valence-electron chi connectivity index (χ2n) is 14.8. The number of fused-ring (bicyclic) bond motifs is 4. The standard InChI is InChI=1S/C22H20N4O5.C20H15ClN4O5/c1-3-16-15-9-18(31-17(15)6-7-23-16)22(20(28)24-21(29)25-22)11-26-10-12-4-5-13(30-2)8-14(12)19(26)27;1-29-11-3-2-10-8-25(17(26)12(10)6-11)9-20(18(27)23-19(28)24-20)15-7-13-14(30-15)4-5-22-16(13)21/h4-9H,3,10-11H2,1-2H3,(H2,24,25,28,29);2-7H,8-9H2,1H3,(H2,23,24,27,28)/t22-;20-/m00/s1. The summed E-state index contributed by atoms with van der Waals surface area (Å²) in [5, 5.41) is 11.3. The van der Waals surface area contributed by atoms with E-state index in [-0.39, 0.29) is 48.1 Å². The summed E-state index contributed by atoms with van der Waals surface area (Å²) in [6, 6.07) is 15.8. The second-order valence-corrected chi connectivity index (χ2v) is 15.1. The number of carbonyl (C=O) groups is 6. The first-order valence-corrected chi connectivity index (χ1v) is 19.4. The molecule has 2 aromatic carbocycles. The molecule has 19 heteroatoms. The molecular weight excluding hydrogens is 812 g/mol. The van der Waals surface area contributed by atoms with Gasteiger partial charge in [-0.3, -0.25) is 34.8 Å². The number of urea groups is 2. The predicted molar refractivity (Wildman–Crippen MR) is 215 cm³/mol. The van der Waals surface area contributed by atoms with E-state index >= 15 is 0 Å². The predicted octanol–water partition coefficient (Wildman–Crippen LogP) is 4.27. The molecule has 8 amide bonds. The number of hydrogen-bond acceptors (Lipinski definition) is 12. The molecule has 61 heavy (non-hydrogen) atoms. The smallest absolute Gasteiger partial charge is 0.322 e. The van der Waals surface area contributed by atoms with Gasteiger partial charge in [-0.1, -0.05) is 30.7 Å². The Morgan fingerprint density at radius 3 is 1.59 bits per heavy atom. The molecule has 310 valence electrons. The van der Waals surface area contributed by atoms with Crippen molar-refractivity contribution < 1.29 is 47.1 Å². The molecule has 4 N–H and O–H groups in total. The highest BCUT2D eigenvalue weighted by Crippen LogP contribution is 2.38. The summed E-state index contributed by atoms with van der Waals surface area (Å²) in [5.74, 6) is -0.132. The number of carbonyl (C=O) groups excluding carboxylic acids is 6. The van der Waals surface area contributed by atoms with Crippen LogP contribution in [0.1, 0.15) is 56.0 Å². The van der Waals surface area contributed by atoms with Gasteiger partial charge in [0.15, 0.2) is 11.1 Å². The fourth-order valence-corrected chi connectivity index (χ4v) is 8.33. The fraction of sp³-hybridized carbons (Fsp3) is 0.238. The van der Waals surface area contributed by atoms with Crippen LogP contribution in [0.3, 0.4) is 0 Å². The topological polar surface area (TPSA) is 228 Å². The number of pyridine rings is 2. The summed E-state index contributed by atoms with van der Waals surface area (Å²) >= 11 is 6.14. The first-order chi connectivity index (χ1) is 29.4. The van der Waals surface area contributed by atoms with Crippen molar-refractivity contribution >= 4 is 69.2 Å². The fourth-order valence-electron chi connectivity index (χ4n) is 8.12. The van der Waals surface area contributed by atoms with Crippen LogP contribution in [0.5, 0.6) is 11.5 Å². The van der Waals surface area contributed by atoms with Crippen LogP contribution in [-0.4, -0.2) is 82.8 Å². The largest absolute Gasteiger partial charge is 0.497 e. The van der Waals surface area contributed by atoms with Crippen LogP contribution in [0.2, 0.25) is 5.15 Å². The molecule has 6 aromatic rings. The maximum atomic E-state index is 13.1. The number of aryl methyl sites for hydroxylation is 1. The van der Waals surface area contributed by atoms with Crippen molar-refractivity contribution in [2.45, 2.75) is 37.5 Å². The highest BCUT2D eigenvalue weighted by Gasteiger charge is 2.54. The number of amides is 8. The number of halogens is 1. The third-order valence-electron chi connectivity index (χ3n) is 11.2. The highest BCUT2D eigenvalue weighted by molar-refractivity contribution is 6.34. The Morgan fingerprint density at radius 1 is 0.672 bits per heavy atom. The normalized spacial score (nSPS) is 20.3. The van der Waals surface area contributed by atoms with Crippen LogP contribution < -0.4 is 30.7 Å². The van der Waals surface area contributed by atoms with Gasteiger partial charge < -0.3 is 38.7 Å². The van der Waals surface area contributed by atoms with Crippen molar-refractivity contribution in [3.05, 3.63) is 118 Å². The SMILES string of the molecule is CCc1nccc2oc([C@]3(CN4Cc5ccc(OC)cc5C4=O)NC(=O)NC3=O)cc12.COc1ccc2c(c1)C(=O)N(C[C@@]1(c3cc4c(Cl)nccc4o3)NC(=O)NC1=O)C2. The Hall–Kier alpha value is -7.47. The number of nitrogens with one attached hydrogen (secondary N) is 4. The van der Waals surface area contributed by atoms with E-state index in [1.54, 1.807) is 60.8 Å². The second kappa shape index (κ2) is 14.7. The van der Waals surface area contributed by atoms with E-state index in [1.807, 2.05) is 13.0 Å². The lowest BCUT2D eigenvalue weighted by atomic mass is 9.95. The summed E-state index contributed by atoms with van der Waals surface area (Å²) in [5.41, 5.74) is 1.31. The lowest BCUT2D eigenvalue weighted by molar-refractivity contribution is -0.126. The average molecular weight is 847 g/mol. The quantitative estimate of drug-likeness (QED) is 0.118. The Bertz CT molecular complexity index is 2880. The van der Waals surface area contributed by atoms with E-state index in [0.717, 1.165) is 22.2 Å².